The maximum absolute atomic E-state index is 4.70. The van der Waals surface area contributed by atoms with E-state index in [1.165, 1.54) is 11.3 Å². The fraction of sp³-hybridized carbons (Fsp3) is 0.238. The molecule has 1 aliphatic rings. The van der Waals surface area contributed by atoms with Gasteiger partial charge in [-0.1, -0.05) is 30.3 Å². The molecule has 0 radical (unpaired) electrons. The summed E-state index contributed by atoms with van der Waals surface area (Å²) in [5.41, 5.74) is 3.51. The molecule has 0 amide bonds. The van der Waals surface area contributed by atoms with Gasteiger partial charge in [-0.15, -0.1) is 0 Å². The Morgan fingerprint density at radius 2 is 1.62 bits per heavy atom. The zero-order valence-electron chi connectivity index (χ0n) is 15.0. The Labute approximate surface area is 154 Å². The third-order valence-electron chi connectivity index (χ3n) is 4.64. The molecule has 2 heterocycles. The molecule has 0 saturated carbocycles. The summed E-state index contributed by atoms with van der Waals surface area (Å²) in [4.78, 5) is 13.8. The van der Waals surface area contributed by atoms with Gasteiger partial charge >= 0.3 is 0 Å². The first-order valence-electron chi connectivity index (χ1n) is 9.00. The van der Waals surface area contributed by atoms with Crippen molar-refractivity contribution in [3.63, 3.8) is 0 Å². The summed E-state index contributed by atoms with van der Waals surface area (Å²) in [6.07, 6.45) is 1.82. The van der Waals surface area contributed by atoms with Crippen molar-refractivity contribution in [1.29, 1.82) is 0 Å². The van der Waals surface area contributed by atoms with E-state index in [0.29, 0.717) is 5.95 Å². The number of benzene rings is 2. The predicted molar refractivity (Wildman–Crippen MR) is 107 cm³/mol. The topological polar surface area (TPSA) is 44.3 Å². The normalized spacial score (nSPS) is 14.3. The number of nitrogens with one attached hydrogen (secondary N) is 1. The molecular weight excluding hydrogens is 322 g/mol. The summed E-state index contributed by atoms with van der Waals surface area (Å²) >= 11 is 0. The molecule has 4 rings (SSSR count). The third kappa shape index (κ3) is 3.77. The van der Waals surface area contributed by atoms with Crippen molar-refractivity contribution in [2.75, 3.05) is 41.3 Å². The fourth-order valence-corrected chi connectivity index (χ4v) is 3.27. The van der Waals surface area contributed by atoms with E-state index in [1.807, 2.05) is 24.4 Å². The van der Waals surface area contributed by atoms with E-state index in [1.54, 1.807) is 0 Å². The molecule has 5 heteroatoms. The smallest absolute Gasteiger partial charge is 0.229 e. The van der Waals surface area contributed by atoms with Crippen LogP contribution >= 0.6 is 0 Å². The fourth-order valence-electron chi connectivity index (χ4n) is 3.27. The van der Waals surface area contributed by atoms with E-state index in [0.717, 1.165) is 37.7 Å². The highest BCUT2D eigenvalue weighted by molar-refractivity contribution is 5.56. The Hall–Kier alpha value is -3.08. The molecule has 132 valence electrons. The lowest BCUT2D eigenvalue weighted by molar-refractivity contribution is 0.647. The van der Waals surface area contributed by atoms with Crippen molar-refractivity contribution in [1.82, 2.24) is 9.97 Å². The van der Waals surface area contributed by atoms with Crippen LogP contribution in [0, 0.1) is 6.92 Å². The quantitative estimate of drug-likeness (QED) is 0.778. The maximum atomic E-state index is 4.70. The Kier molecular flexibility index (Phi) is 4.69. The summed E-state index contributed by atoms with van der Waals surface area (Å²) in [7, 11) is 0. The van der Waals surface area contributed by atoms with Crippen LogP contribution in [0.25, 0.3) is 0 Å². The van der Waals surface area contributed by atoms with Crippen LogP contribution < -0.4 is 15.1 Å². The van der Waals surface area contributed by atoms with Crippen LogP contribution in [0.15, 0.2) is 66.9 Å². The minimum atomic E-state index is 0.638. The van der Waals surface area contributed by atoms with Gasteiger partial charge in [0.05, 0.1) is 0 Å². The number of hydrogen-bond acceptors (Lipinski definition) is 5. The molecule has 3 aromatic rings. The number of aromatic nitrogens is 2. The number of nitrogens with zero attached hydrogens (tertiary/aromatic N) is 4. The second-order valence-corrected chi connectivity index (χ2v) is 6.54. The van der Waals surface area contributed by atoms with E-state index < -0.39 is 0 Å². The standard InChI is InChI=1S/C21H23N5/c1-17-6-5-7-18(16-17)23-21-22-11-10-20(24-21)26-14-12-25(13-15-26)19-8-3-2-4-9-19/h2-11,16H,12-15H2,1H3,(H,22,23,24). The van der Waals surface area contributed by atoms with Crippen LogP contribution in [0.2, 0.25) is 0 Å². The van der Waals surface area contributed by atoms with E-state index in [4.69, 9.17) is 4.98 Å². The lowest BCUT2D eigenvalue weighted by Crippen LogP contribution is -2.46. The summed E-state index contributed by atoms with van der Waals surface area (Å²) in [6, 6.07) is 20.8. The van der Waals surface area contributed by atoms with E-state index >= 15 is 0 Å². The zero-order chi connectivity index (χ0) is 17.8. The second-order valence-electron chi connectivity index (χ2n) is 6.54. The molecule has 2 aromatic carbocycles. The van der Waals surface area contributed by atoms with Crippen molar-refractivity contribution < 1.29 is 0 Å². The van der Waals surface area contributed by atoms with Crippen LogP contribution in [-0.4, -0.2) is 36.1 Å². The molecule has 0 bridgehead atoms. The highest BCUT2D eigenvalue weighted by atomic mass is 15.3. The number of hydrogen-bond donors (Lipinski definition) is 1. The van der Waals surface area contributed by atoms with Crippen molar-refractivity contribution in [2.24, 2.45) is 0 Å². The molecule has 0 aliphatic carbocycles. The molecule has 0 unspecified atom stereocenters. The molecule has 5 nitrogen and oxygen atoms in total. The van der Waals surface area contributed by atoms with Gasteiger partial charge in [-0.05, 0) is 42.8 Å². The predicted octanol–water partition coefficient (Wildman–Crippen LogP) is 3.86. The van der Waals surface area contributed by atoms with Crippen LogP contribution in [0.3, 0.4) is 0 Å². The number of rotatable bonds is 4. The maximum Gasteiger partial charge on any atom is 0.229 e. The second kappa shape index (κ2) is 7.44. The minimum absolute atomic E-state index is 0.638. The molecule has 1 aromatic heterocycles. The molecule has 26 heavy (non-hydrogen) atoms. The minimum Gasteiger partial charge on any atom is -0.368 e. The lowest BCUT2D eigenvalue weighted by atomic mass is 10.2. The Balaban J connectivity index is 1.43. The van der Waals surface area contributed by atoms with Crippen LogP contribution in [0.5, 0.6) is 0 Å². The first-order valence-corrected chi connectivity index (χ1v) is 9.00. The van der Waals surface area contributed by atoms with Crippen molar-refractivity contribution >= 4 is 23.1 Å². The van der Waals surface area contributed by atoms with Gasteiger partial charge in [-0.3, -0.25) is 0 Å². The zero-order valence-corrected chi connectivity index (χ0v) is 15.0. The molecule has 0 atom stereocenters. The number of para-hydroxylation sites is 1. The van der Waals surface area contributed by atoms with E-state index in [9.17, 15) is 0 Å². The largest absolute Gasteiger partial charge is 0.368 e. The molecule has 1 saturated heterocycles. The van der Waals surface area contributed by atoms with Gasteiger partial charge in [0.2, 0.25) is 5.95 Å². The van der Waals surface area contributed by atoms with Gasteiger partial charge in [0.25, 0.3) is 0 Å². The highest BCUT2D eigenvalue weighted by Crippen LogP contribution is 2.21. The number of aryl methyl sites for hydroxylation is 1. The summed E-state index contributed by atoms with van der Waals surface area (Å²) in [6.45, 7) is 5.98. The molecule has 0 spiro atoms. The Morgan fingerprint density at radius 1 is 0.846 bits per heavy atom. The highest BCUT2D eigenvalue weighted by Gasteiger charge is 2.18. The monoisotopic (exact) mass is 345 g/mol. The number of anilines is 4. The van der Waals surface area contributed by atoms with Crippen molar-refractivity contribution in [3.8, 4) is 0 Å². The SMILES string of the molecule is Cc1cccc(Nc2nccc(N3CCN(c4ccccc4)CC3)n2)c1. The van der Waals surface area contributed by atoms with Crippen LogP contribution in [0.4, 0.5) is 23.1 Å². The average Bonchev–Trinajstić information content (AvgIpc) is 2.69. The first-order chi connectivity index (χ1) is 12.8. The third-order valence-corrected chi connectivity index (χ3v) is 4.64. The van der Waals surface area contributed by atoms with E-state index in [-0.39, 0.29) is 0 Å². The van der Waals surface area contributed by atoms with Gasteiger partial charge in [-0.25, -0.2) is 4.98 Å². The summed E-state index contributed by atoms with van der Waals surface area (Å²) < 4.78 is 0. The molecule has 1 aliphatic heterocycles. The Morgan fingerprint density at radius 3 is 2.38 bits per heavy atom. The molecule has 1 fully saturated rings. The van der Waals surface area contributed by atoms with Gasteiger partial charge < -0.3 is 15.1 Å². The number of piperazine rings is 1. The van der Waals surface area contributed by atoms with Gasteiger partial charge in [-0.2, -0.15) is 4.98 Å². The lowest BCUT2D eigenvalue weighted by Gasteiger charge is -2.36. The molecular formula is C21H23N5. The van der Waals surface area contributed by atoms with Crippen LogP contribution in [-0.2, 0) is 0 Å². The van der Waals surface area contributed by atoms with Crippen molar-refractivity contribution in [2.45, 2.75) is 6.92 Å². The first kappa shape index (κ1) is 16.4. The van der Waals surface area contributed by atoms with Crippen molar-refractivity contribution in [3.05, 3.63) is 72.4 Å². The van der Waals surface area contributed by atoms with Gasteiger partial charge in [0.15, 0.2) is 0 Å². The summed E-state index contributed by atoms with van der Waals surface area (Å²) in [5.74, 6) is 1.61. The summed E-state index contributed by atoms with van der Waals surface area (Å²) in [5, 5.41) is 3.30. The van der Waals surface area contributed by atoms with Gasteiger partial charge in [0.1, 0.15) is 5.82 Å². The van der Waals surface area contributed by atoms with E-state index in [2.05, 4.69) is 69.5 Å². The molecule has 1 N–H and O–H groups in total. The Bertz CT molecular complexity index is 857. The van der Waals surface area contributed by atoms with Crippen LogP contribution in [0.1, 0.15) is 5.56 Å². The van der Waals surface area contributed by atoms with Gasteiger partial charge in [0, 0.05) is 43.8 Å². The average molecular weight is 345 g/mol.